The zero-order valence-corrected chi connectivity index (χ0v) is 13.4. The Morgan fingerprint density at radius 3 is 2.42 bits per heavy atom. The maximum atomic E-state index is 11.7. The average Bonchev–Trinajstić information content (AvgIpc) is 2.58. The molecule has 0 fully saturated rings. The second kappa shape index (κ2) is 6.72. The number of pyridine rings is 1. The maximum Gasteiger partial charge on any atom is 0.223 e. The molecule has 1 atom stereocenters. The van der Waals surface area contributed by atoms with Crippen LogP contribution in [0.25, 0.3) is 5.69 Å². The van der Waals surface area contributed by atoms with Crippen LogP contribution in [0.4, 0.5) is 0 Å². The minimum absolute atomic E-state index is 0.340. The summed E-state index contributed by atoms with van der Waals surface area (Å²) in [5.41, 5.74) is 3.04. The summed E-state index contributed by atoms with van der Waals surface area (Å²) in [5.74, 6) is -0.340. The van der Waals surface area contributed by atoms with Gasteiger partial charge in [-0.2, -0.15) is 0 Å². The summed E-state index contributed by atoms with van der Waals surface area (Å²) in [4.78, 5) is 11.7. The number of aliphatic hydroxyl groups is 1. The lowest BCUT2D eigenvalue weighted by molar-refractivity contribution is 0.191. The van der Waals surface area contributed by atoms with Gasteiger partial charge in [-0.1, -0.05) is 42.5 Å². The predicted octanol–water partition coefficient (Wildman–Crippen LogP) is 3.19. The fourth-order valence-electron chi connectivity index (χ4n) is 2.73. The third-order valence-electron chi connectivity index (χ3n) is 3.93. The van der Waals surface area contributed by atoms with Crippen LogP contribution in [-0.2, 0) is 6.42 Å². The molecule has 3 rings (SSSR count). The SMILES string of the molecule is CC(O)c1cc(=O)c(O)cn1-c1cccc(Cc2ccccc2)c1. The number of aromatic nitrogens is 1. The van der Waals surface area contributed by atoms with E-state index in [4.69, 9.17) is 0 Å². The molecule has 4 heteroatoms. The molecule has 2 aromatic carbocycles. The highest BCUT2D eigenvalue weighted by molar-refractivity contribution is 5.41. The Morgan fingerprint density at radius 2 is 1.71 bits per heavy atom. The van der Waals surface area contributed by atoms with E-state index in [1.165, 1.54) is 17.8 Å². The second-order valence-electron chi connectivity index (χ2n) is 5.83. The highest BCUT2D eigenvalue weighted by Gasteiger charge is 2.12. The molecular formula is C20H19NO3. The van der Waals surface area contributed by atoms with E-state index < -0.39 is 11.5 Å². The zero-order valence-electron chi connectivity index (χ0n) is 13.4. The van der Waals surface area contributed by atoms with Gasteiger partial charge in [-0.25, -0.2) is 0 Å². The van der Waals surface area contributed by atoms with Crippen molar-refractivity contribution in [2.75, 3.05) is 0 Å². The number of nitrogens with zero attached hydrogens (tertiary/aromatic N) is 1. The van der Waals surface area contributed by atoms with Crippen molar-refractivity contribution < 1.29 is 10.2 Å². The Labute approximate surface area is 140 Å². The van der Waals surface area contributed by atoms with E-state index in [0.29, 0.717) is 5.69 Å². The topological polar surface area (TPSA) is 62.5 Å². The van der Waals surface area contributed by atoms with E-state index in [1.807, 2.05) is 42.5 Å². The lowest BCUT2D eigenvalue weighted by Crippen LogP contribution is -2.13. The van der Waals surface area contributed by atoms with Crippen LogP contribution in [0, 0.1) is 0 Å². The maximum absolute atomic E-state index is 11.7. The van der Waals surface area contributed by atoms with Crippen LogP contribution in [-0.4, -0.2) is 14.8 Å². The van der Waals surface area contributed by atoms with E-state index in [0.717, 1.165) is 17.7 Å². The summed E-state index contributed by atoms with van der Waals surface area (Å²) in [6.07, 6.45) is 1.31. The molecule has 0 saturated carbocycles. The molecule has 0 spiro atoms. The van der Waals surface area contributed by atoms with Crippen LogP contribution in [0.15, 0.2) is 71.7 Å². The third kappa shape index (κ3) is 3.39. The molecule has 0 aliphatic rings. The molecule has 0 aliphatic carbocycles. The molecule has 1 aromatic heterocycles. The molecule has 0 saturated heterocycles. The van der Waals surface area contributed by atoms with Crippen LogP contribution in [0.3, 0.4) is 0 Å². The van der Waals surface area contributed by atoms with Crippen molar-refractivity contribution >= 4 is 0 Å². The standard InChI is InChI=1S/C20H19NO3/c1-14(22)18-12-19(23)20(24)13-21(18)17-9-5-8-16(11-17)10-15-6-3-2-4-7-15/h2-9,11-14,22,24H,10H2,1H3. The Hall–Kier alpha value is -2.85. The summed E-state index contributed by atoms with van der Waals surface area (Å²) in [5, 5.41) is 19.7. The van der Waals surface area contributed by atoms with Crippen LogP contribution < -0.4 is 5.43 Å². The van der Waals surface area contributed by atoms with Gasteiger partial charge in [0.1, 0.15) is 0 Å². The molecule has 122 valence electrons. The van der Waals surface area contributed by atoms with Gasteiger partial charge >= 0.3 is 0 Å². The van der Waals surface area contributed by atoms with Gasteiger partial charge in [0.05, 0.1) is 18.0 Å². The highest BCUT2D eigenvalue weighted by Crippen LogP contribution is 2.21. The first-order chi connectivity index (χ1) is 11.5. The highest BCUT2D eigenvalue weighted by atomic mass is 16.3. The van der Waals surface area contributed by atoms with Crippen LogP contribution >= 0.6 is 0 Å². The molecule has 24 heavy (non-hydrogen) atoms. The van der Waals surface area contributed by atoms with Crippen LogP contribution in [0.5, 0.6) is 5.75 Å². The first-order valence-corrected chi connectivity index (χ1v) is 7.81. The Balaban J connectivity index is 2.03. The van der Waals surface area contributed by atoms with E-state index >= 15 is 0 Å². The molecule has 1 unspecified atom stereocenters. The van der Waals surface area contributed by atoms with Crippen molar-refractivity contribution in [2.24, 2.45) is 0 Å². The van der Waals surface area contributed by atoms with Crippen LogP contribution in [0.1, 0.15) is 29.8 Å². The molecule has 2 N–H and O–H groups in total. The average molecular weight is 321 g/mol. The van der Waals surface area contributed by atoms with Crippen molar-refractivity contribution in [3.05, 3.63) is 93.9 Å². The predicted molar refractivity (Wildman–Crippen MR) is 93.6 cm³/mol. The number of aromatic hydroxyl groups is 1. The first-order valence-electron chi connectivity index (χ1n) is 7.81. The smallest absolute Gasteiger partial charge is 0.223 e. The minimum atomic E-state index is -0.823. The van der Waals surface area contributed by atoms with E-state index in [9.17, 15) is 15.0 Å². The summed E-state index contributed by atoms with van der Waals surface area (Å²) in [6.45, 7) is 1.59. The van der Waals surface area contributed by atoms with Crippen molar-refractivity contribution in [1.29, 1.82) is 0 Å². The van der Waals surface area contributed by atoms with Crippen molar-refractivity contribution in [3.63, 3.8) is 0 Å². The summed E-state index contributed by atoms with van der Waals surface area (Å²) < 4.78 is 1.65. The monoisotopic (exact) mass is 321 g/mol. The number of hydrogen-bond acceptors (Lipinski definition) is 3. The lowest BCUT2D eigenvalue weighted by Gasteiger charge is -2.16. The molecule has 0 amide bonds. The van der Waals surface area contributed by atoms with Gasteiger partial charge in [-0.3, -0.25) is 4.79 Å². The fourth-order valence-corrected chi connectivity index (χ4v) is 2.73. The van der Waals surface area contributed by atoms with Gasteiger partial charge in [0.15, 0.2) is 5.75 Å². The largest absolute Gasteiger partial charge is 0.503 e. The van der Waals surface area contributed by atoms with Gasteiger partial charge in [0.2, 0.25) is 5.43 Å². The van der Waals surface area contributed by atoms with Crippen molar-refractivity contribution in [2.45, 2.75) is 19.4 Å². The Bertz CT molecular complexity index is 898. The van der Waals surface area contributed by atoms with Gasteiger partial charge < -0.3 is 14.8 Å². The van der Waals surface area contributed by atoms with E-state index in [-0.39, 0.29) is 5.75 Å². The first kappa shape index (κ1) is 16.0. The van der Waals surface area contributed by atoms with Gasteiger partial charge in [0.25, 0.3) is 0 Å². The zero-order chi connectivity index (χ0) is 17.1. The summed E-state index contributed by atoms with van der Waals surface area (Å²) in [6, 6.07) is 19.2. The summed E-state index contributed by atoms with van der Waals surface area (Å²) >= 11 is 0. The quantitative estimate of drug-likeness (QED) is 0.776. The number of hydrogen-bond donors (Lipinski definition) is 2. The normalized spacial score (nSPS) is 12.1. The number of benzene rings is 2. The second-order valence-corrected chi connectivity index (χ2v) is 5.83. The molecule has 4 nitrogen and oxygen atoms in total. The Morgan fingerprint density at radius 1 is 1.00 bits per heavy atom. The van der Waals surface area contributed by atoms with Gasteiger partial charge in [-0.05, 0) is 36.6 Å². The molecule has 1 heterocycles. The number of aliphatic hydroxyl groups excluding tert-OH is 1. The molecule has 0 aliphatic heterocycles. The molecule has 0 bridgehead atoms. The van der Waals surface area contributed by atoms with Crippen molar-refractivity contribution in [1.82, 2.24) is 4.57 Å². The number of rotatable bonds is 4. The molecular weight excluding hydrogens is 302 g/mol. The Kier molecular flexibility index (Phi) is 4.49. The van der Waals surface area contributed by atoms with E-state index in [1.54, 1.807) is 11.5 Å². The van der Waals surface area contributed by atoms with Gasteiger partial charge in [0, 0.05) is 11.8 Å². The molecule has 3 aromatic rings. The third-order valence-corrected chi connectivity index (χ3v) is 3.93. The molecule has 0 radical (unpaired) electrons. The van der Waals surface area contributed by atoms with Gasteiger partial charge in [-0.15, -0.1) is 0 Å². The minimum Gasteiger partial charge on any atom is -0.503 e. The fraction of sp³-hybridized carbons (Fsp3) is 0.150. The van der Waals surface area contributed by atoms with E-state index in [2.05, 4.69) is 12.1 Å². The van der Waals surface area contributed by atoms with Crippen LogP contribution in [0.2, 0.25) is 0 Å². The lowest BCUT2D eigenvalue weighted by atomic mass is 10.0. The van der Waals surface area contributed by atoms with Crippen molar-refractivity contribution in [3.8, 4) is 11.4 Å². The summed E-state index contributed by atoms with van der Waals surface area (Å²) in [7, 11) is 0.